The minimum absolute atomic E-state index is 0.111. The summed E-state index contributed by atoms with van der Waals surface area (Å²) in [6, 6.07) is 0.980. The Bertz CT molecular complexity index is 269. The molecule has 0 aliphatic heterocycles. The maximum atomic E-state index is 12.5. The molecule has 0 saturated heterocycles. The summed E-state index contributed by atoms with van der Waals surface area (Å²) in [5.74, 6) is 0.111. The van der Waals surface area contributed by atoms with Crippen molar-refractivity contribution >= 4 is 5.91 Å². The van der Waals surface area contributed by atoms with Crippen LogP contribution in [0, 0.1) is 0 Å². The molecule has 1 amide bonds. The maximum Gasteiger partial charge on any atom is 0.254 e. The van der Waals surface area contributed by atoms with Crippen LogP contribution in [0.1, 0.15) is 46.0 Å². The highest BCUT2D eigenvalue weighted by Gasteiger charge is 2.37. The Hall–Kier alpha value is -0.610. The van der Waals surface area contributed by atoms with Gasteiger partial charge in [0.1, 0.15) is 5.60 Å². The molecule has 0 aromatic carbocycles. The maximum absolute atomic E-state index is 12.5. The average molecular weight is 256 g/mol. The number of rotatable bonds is 5. The largest absolute Gasteiger partial charge is 0.369 e. The summed E-state index contributed by atoms with van der Waals surface area (Å²) >= 11 is 0. The van der Waals surface area contributed by atoms with Crippen LogP contribution in [-0.4, -0.2) is 49.7 Å². The van der Waals surface area contributed by atoms with Gasteiger partial charge in [0.05, 0.1) is 0 Å². The van der Waals surface area contributed by atoms with Crippen LogP contribution in [0.15, 0.2) is 0 Å². The van der Waals surface area contributed by atoms with E-state index in [4.69, 9.17) is 4.74 Å². The summed E-state index contributed by atoms with van der Waals surface area (Å²) in [5.41, 5.74) is -0.672. The van der Waals surface area contributed by atoms with E-state index in [1.54, 1.807) is 7.11 Å². The molecular formula is C14H28N2O2. The van der Waals surface area contributed by atoms with E-state index in [-0.39, 0.29) is 5.91 Å². The van der Waals surface area contributed by atoms with Gasteiger partial charge in [0.25, 0.3) is 5.91 Å². The summed E-state index contributed by atoms with van der Waals surface area (Å²) in [7, 11) is 5.55. The number of nitrogens with zero attached hydrogens (tertiary/aromatic N) is 1. The minimum Gasteiger partial charge on any atom is -0.369 e. The third-order valence-electron chi connectivity index (χ3n) is 4.55. The van der Waals surface area contributed by atoms with Crippen molar-refractivity contribution in [3.8, 4) is 0 Å². The summed E-state index contributed by atoms with van der Waals surface area (Å²) in [4.78, 5) is 14.4. The van der Waals surface area contributed by atoms with Gasteiger partial charge in [-0.15, -0.1) is 0 Å². The second kappa shape index (κ2) is 6.53. The van der Waals surface area contributed by atoms with Gasteiger partial charge < -0.3 is 15.0 Å². The third kappa shape index (κ3) is 3.23. The van der Waals surface area contributed by atoms with Crippen molar-refractivity contribution in [1.82, 2.24) is 10.2 Å². The van der Waals surface area contributed by atoms with Crippen LogP contribution in [0.4, 0.5) is 0 Å². The van der Waals surface area contributed by atoms with E-state index in [1.165, 1.54) is 0 Å². The fourth-order valence-corrected chi connectivity index (χ4v) is 2.67. The second-order valence-corrected chi connectivity index (χ2v) is 5.50. The molecule has 4 nitrogen and oxygen atoms in total. The Morgan fingerprint density at radius 2 is 1.94 bits per heavy atom. The molecule has 1 aliphatic rings. The Kier molecular flexibility index (Phi) is 5.60. The summed E-state index contributed by atoms with van der Waals surface area (Å²) in [6.45, 7) is 3.87. The van der Waals surface area contributed by atoms with E-state index in [0.29, 0.717) is 18.5 Å². The number of hydrogen-bond donors (Lipinski definition) is 1. The number of methoxy groups -OCH3 is 1. The zero-order chi connectivity index (χ0) is 13.8. The molecule has 1 N–H and O–H groups in total. The first-order valence-corrected chi connectivity index (χ1v) is 6.98. The van der Waals surface area contributed by atoms with Gasteiger partial charge in [0.2, 0.25) is 0 Å². The number of carbonyl (C=O) groups is 1. The Morgan fingerprint density at radius 1 is 1.39 bits per heavy atom. The van der Waals surface area contributed by atoms with Crippen molar-refractivity contribution in [2.24, 2.45) is 0 Å². The summed E-state index contributed by atoms with van der Waals surface area (Å²) in [5, 5.41) is 3.32. The van der Waals surface area contributed by atoms with Crippen LogP contribution in [-0.2, 0) is 9.53 Å². The lowest BCUT2D eigenvalue weighted by Gasteiger charge is -2.38. The molecule has 0 aromatic rings. The summed E-state index contributed by atoms with van der Waals surface area (Å²) in [6.07, 6.45) is 5.16. The van der Waals surface area contributed by atoms with Crippen LogP contribution >= 0.6 is 0 Å². The molecule has 0 spiro atoms. The molecule has 1 aliphatic carbocycles. The standard InChI is InChI=1S/C14H28N2O2/c1-6-14(2,18-5)13(17)16(4)12-9-7-11(15-3)8-10-12/h11-12,15H,6-10H2,1-5H3. The molecule has 1 unspecified atom stereocenters. The highest BCUT2D eigenvalue weighted by Crippen LogP contribution is 2.25. The molecule has 4 heteroatoms. The second-order valence-electron chi connectivity index (χ2n) is 5.50. The van der Waals surface area contributed by atoms with Crippen LogP contribution in [0.3, 0.4) is 0 Å². The molecule has 0 heterocycles. The highest BCUT2D eigenvalue weighted by atomic mass is 16.5. The van der Waals surface area contributed by atoms with E-state index < -0.39 is 5.60 Å². The first kappa shape index (κ1) is 15.4. The number of amides is 1. The number of likely N-dealkylation sites (N-methyl/N-ethyl adjacent to an activating group) is 1. The number of carbonyl (C=O) groups excluding carboxylic acids is 1. The number of nitrogens with one attached hydrogen (secondary N) is 1. The van der Waals surface area contributed by atoms with Gasteiger partial charge in [-0.1, -0.05) is 6.92 Å². The fraction of sp³-hybridized carbons (Fsp3) is 0.929. The molecule has 1 saturated carbocycles. The molecule has 18 heavy (non-hydrogen) atoms. The first-order chi connectivity index (χ1) is 8.48. The Morgan fingerprint density at radius 3 is 2.33 bits per heavy atom. The van der Waals surface area contributed by atoms with Crippen LogP contribution < -0.4 is 5.32 Å². The van der Waals surface area contributed by atoms with Crippen molar-refractivity contribution in [1.29, 1.82) is 0 Å². The monoisotopic (exact) mass is 256 g/mol. The molecule has 1 atom stereocenters. The molecule has 106 valence electrons. The highest BCUT2D eigenvalue weighted by molar-refractivity contribution is 5.84. The Labute approximate surface area is 111 Å². The Balaban J connectivity index is 2.59. The van der Waals surface area contributed by atoms with Gasteiger partial charge in [-0.2, -0.15) is 0 Å². The van der Waals surface area contributed by atoms with E-state index in [0.717, 1.165) is 25.7 Å². The number of hydrogen-bond acceptors (Lipinski definition) is 3. The topological polar surface area (TPSA) is 41.6 Å². The van der Waals surface area contributed by atoms with Gasteiger partial charge in [0, 0.05) is 26.2 Å². The van der Waals surface area contributed by atoms with Gasteiger partial charge in [-0.05, 0) is 46.1 Å². The van der Waals surface area contributed by atoms with E-state index in [9.17, 15) is 4.79 Å². The molecule has 0 aromatic heterocycles. The first-order valence-electron chi connectivity index (χ1n) is 6.98. The lowest BCUT2D eigenvalue weighted by molar-refractivity contribution is -0.154. The van der Waals surface area contributed by atoms with Gasteiger partial charge in [-0.3, -0.25) is 4.79 Å². The third-order valence-corrected chi connectivity index (χ3v) is 4.55. The average Bonchev–Trinajstić information content (AvgIpc) is 2.44. The SMILES string of the molecule is CCC(C)(OC)C(=O)N(C)C1CCC(NC)CC1. The zero-order valence-electron chi connectivity index (χ0n) is 12.5. The van der Waals surface area contributed by atoms with Gasteiger partial charge in [0.15, 0.2) is 0 Å². The fourth-order valence-electron chi connectivity index (χ4n) is 2.67. The normalized spacial score (nSPS) is 27.6. The van der Waals surface area contributed by atoms with Gasteiger partial charge >= 0.3 is 0 Å². The van der Waals surface area contributed by atoms with Crippen LogP contribution in [0.25, 0.3) is 0 Å². The lowest BCUT2D eigenvalue weighted by Crippen LogP contribution is -2.51. The smallest absolute Gasteiger partial charge is 0.254 e. The zero-order valence-corrected chi connectivity index (χ0v) is 12.5. The molecule has 1 rings (SSSR count). The van der Waals surface area contributed by atoms with E-state index >= 15 is 0 Å². The minimum atomic E-state index is -0.672. The molecule has 1 fully saturated rings. The molecule has 0 bridgehead atoms. The van der Waals surface area contributed by atoms with Crippen LogP contribution in [0.2, 0.25) is 0 Å². The predicted octanol–water partition coefficient (Wildman–Crippen LogP) is 1.79. The van der Waals surface area contributed by atoms with Gasteiger partial charge in [-0.25, -0.2) is 0 Å². The van der Waals surface area contributed by atoms with Crippen LogP contribution in [0.5, 0.6) is 0 Å². The molecule has 0 radical (unpaired) electrons. The van der Waals surface area contributed by atoms with E-state index in [1.807, 2.05) is 32.8 Å². The number of ether oxygens (including phenoxy) is 1. The van der Waals surface area contributed by atoms with E-state index in [2.05, 4.69) is 5.32 Å². The summed E-state index contributed by atoms with van der Waals surface area (Å²) < 4.78 is 5.40. The van der Waals surface area contributed by atoms with Crippen molar-refractivity contribution in [2.75, 3.05) is 21.2 Å². The quantitative estimate of drug-likeness (QED) is 0.815. The van der Waals surface area contributed by atoms with Crippen molar-refractivity contribution in [3.63, 3.8) is 0 Å². The molecular weight excluding hydrogens is 228 g/mol. The van der Waals surface area contributed by atoms with Crippen molar-refractivity contribution < 1.29 is 9.53 Å². The lowest BCUT2D eigenvalue weighted by atomic mass is 9.89. The van der Waals surface area contributed by atoms with Crippen molar-refractivity contribution in [2.45, 2.75) is 63.6 Å². The van der Waals surface area contributed by atoms with Crippen molar-refractivity contribution in [3.05, 3.63) is 0 Å². The predicted molar refractivity (Wildman–Crippen MR) is 73.6 cm³/mol.